The summed E-state index contributed by atoms with van der Waals surface area (Å²) in [5.41, 5.74) is 1.16. The van der Waals surface area contributed by atoms with Gasteiger partial charge in [-0.05, 0) is 24.5 Å². The minimum absolute atomic E-state index is 0.211. The van der Waals surface area contributed by atoms with Crippen molar-refractivity contribution in [1.29, 1.82) is 0 Å². The summed E-state index contributed by atoms with van der Waals surface area (Å²) in [5.74, 6) is 2.97. The van der Waals surface area contributed by atoms with Crippen molar-refractivity contribution in [1.82, 2.24) is 4.98 Å². The molecule has 0 aliphatic heterocycles. The predicted molar refractivity (Wildman–Crippen MR) is 88.4 cm³/mol. The first-order chi connectivity index (χ1) is 9.44. The summed E-state index contributed by atoms with van der Waals surface area (Å²) in [6.45, 7) is 2.00. The molecule has 0 unspecified atom stereocenters. The van der Waals surface area contributed by atoms with Gasteiger partial charge in [-0.3, -0.25) is 0 Å². The predicted octanol–water partition coefficient (Wildman–Crippen LogP) is 3.71. The van der Waals surface area contributed by atoms with Gasteiger partial charge in [-0.25, -0.2) is 13.4 Å². The molecule has 114 valence electrons. The van der Waals surface area contributed by atoms with Gasteiger partial charge in [0, 0.05) is 23.3 Å². The topological polar surface area (TPSA) is 47.0 Å². The summed E-state index contributed by atoms with van der Waals surface area (Å²) in [7, 11) is -2.85. The molecule has 2 rings (SSSR count). The molecule has 1 aromatic heterocycles. The van der Waals surface area contributed by atoms with Crippen molar-refractivity contribution in [2.24, 2.45) is 5.92 Å². The molecule has 20 heavy (non-hydrogen) atoms. The average molecular weight is 334 g/mol. The van der Waals surface area contributed by atoms with Gasteiger partial charge in [0.15, 0.2) is 0 Å². The van der Waals surface area contributed by atoms with Crippen LogP contribution in [0.4, 0.5) is 0 Å². The fourth-order valence-corrected chi connectivity index (χ4v) is 6.07. The normalized spacial score (nSPS) is 18.5. The number of hydrogen-bond donors (Lipinski definition) is 0. The van der Waals surface area contributed by atoms with Crippen molar-refractivity contribution >= 4 is 32.9 Å². The second-order valence-electron chi connectivity index (χ2n) is 5.87. The zero-order valence-electron chi connectivity index (χ0n) is 12.2. The highest BCUT2D eigenvalue weighted by atomic mass is 32.2. The van der Waals surface area contributed by atoms with E-state index in [0.717, 1.165) is 17.2 Å². The summed E-state index contributed by atoms with van der Waals surface area (Å²) in [4.78, 5) is 4.74. The standard InChI is InChI=1S/C14H23NO2S3/c1-11(10-20(2,16)17)7-18-8-13-9-19-14(15-13)12-5-3-4-6-12/h9,11-12H,3-8,10H2,1-2H3/t11-/m0/s1. The second kappa shape index (κ2) is 7.27. The van der Waals surface area contributed by atoms with Gasteiger partial charge < -0.3 is 0 Å². The van der Waals surface area contributed by atoms with Crippen LogP contribution in [0, 0.1) is 5.92 Å². The lowest BCUT2D eigenvalue weighted by Crippen LogP contribution is -2.13. The van der Waals surface area contributed by atoms with Crippen molar-refractivity contribution in [2.45, 2.75) is 44.3 Å². The molecule has 0 radical (unpaired) electrons. The summed E-state index contributed by atoms with van der Waals surface area (Å²) in [6.07, 6.45) is 6.59. The molecule has 0 spiro atoms. The third kappa shape index (κ3) is 5.37. The Morgan fingerprint density at radius 2 is 2.15 bits per heavy atom. The Bertz CT molecular complexity index is 518. The molecule has 0 amide bonds. The van der Waals surface area contributed by atoms with E-state index in [-0.39, 0.29) is 11.7 Å². The van der Waals surface area contributed by atoms with Gasteiger partial charge in [-0.15, -0.1) is 11.3 Å². The first-order valence-electron chi connectivity index (χ1n) is 7.14. The molecule has 0 saturated heterocycles. The fourth-order valence-electron chi connectivity index (χ4n) is 2.68. The van der Waals surface area contributed by atoms with E-state index in [9.17, 15) is 8.42 Å². The van der Waals surface area contributed by atoms with E-state index in [1.807, 2.05) is 6.92 Å². The fraction of sp³-hybridized carbons (Fsp3) is 0.786. The van der Waals surface area contributed by atoms with Gasteiger partial charge in [0.05, 0.1) is 16.5 Å². The van der Waals surface area contributed by atoms with Crippen molar-refractivity contribution in [2.75, 3.05) is 17.8 Å². The van der Waals surface area contributed by atoms with Crippen LogP contribution in [0.1, 0.15) is 49.2 Å². The van der Waals surface area contributed by atoms with Crippen LogP contribution >= 0.6 is 23.1 Å². The first-order valence-corrected chi connectivity index (χ1v) is 11.2. The summed E-state index contributed by atoms with van der Waals surface area (Å²) in [5, 5.41) is 3.48. The third-order valence-electron chi connectivity index (χ3n) is 3.51. The number of thioether (sulfide) groups is 1. The largest absolute Gasteiger partial charge is 0.245 e. The summed E-state index contributed by atoms with van der Waals surface area (Å²) >= 11 is 3.59. The van der Waals surface area contributed by atoms with Gasteiger partial charge in [-0.2, -0.15) is 11.8 Å². The Morgan fingerprint density at radius 3 is 2.80 bits per heavy atom. The first kappa shape index (κ1) is 16.3. The van der Waals surface area contributed by atoms with E-state index < -0.39 is 9.84 Å². The average Bonchev–Trinajstić information content (AvgIpc) is 2.96. The van der Waals surface area contributed by atoms with E-state index in [0.29, 0.717) is 5.92 Å². The van der Waals surface area contributed by atoms with Crippen LogP contribution in [0.3, 0.4) is 0 Å². The lowest BCUT2D eigenvalue weighted by Gasteiger charge is -2.08. The van der Waals surface area contributed by atoms with Gasteiger partial charge in [0.1, 0.15) is 9.84 Å². The second-order valence-corrected chi connectivity index (χ2v) is 9.98. The van der Waals surface area contributed by atoms with E-state index in [1.165, 1.54) is 36.9 Å². The number of nitrogens with zero attached hydrogens (tertiary/aromatic N) is 1. The van der Waals surface area contributed by atoms with E-state index in [4.69, 9.17) is 4.98 Å². The molecular weight excluding hydrogens is 310 g/mol. The molecule has 0 aromatic carbocycles. The van der Waals surface area contributed by atoms with Crippen LogP contribution in [-0.4, -0.2) is 31.2 Å². The minimum atomic E-state index is -2.85. The monoisotopic (exact) mass is 333 g/mol. The quantitative estimate of drug-likeness (QED) is 0.763. The molecule has 1 aliphatic rings. The highest BCUT2D eigenvalue weighted by molar-refractivity contribution is 7.98. The molecular formula is C14H23NO2S3. The van der Waals surface area contributed by atoms with Crippen molar-refractivity contribution in [3.05, 3.63) is 16.1 Å². The van der Waals surface area contributed by atoms with Gasteiger partial charge in [-0.1, -0.05) is 19.8 Å². The molecule has 0 bridgehead atoms. The SMILES string of the molecule is C[C@@H](CSCc1csc(C2CCCC2)n1)CS(C)(=O)=O. The van der Waals surface area contributed by atoms with Crippen molar-refractivity contribution < 1.29 is 8.42 Å². The molecule has 1 atom stereocenters. The Labute approximate surface area is 130 Å². The van der Waals surface area contributed by atoms with E-state index >= 15 is 0 Å². The summed E-state index contributed by atoms with van der Waals surface area (Å²) < 4.78 is 22.4. The van der Waals surface area contributed by atoms with Crippen LogP contribution in [0.15, 0.2) is 5.38 Å². The number of aromatic nitrogens is 1. The zero-order chi connectivity index (χ0) is 14.6. The maximum atomic E-state index is 11.2. The van der Waals surface area contributed by atoms with Crippen LogP contribution < -0.4 is 0 Å². The van der Waals surface area contributed by atoms with Crippen LogP contribution in [0.2, 0.25) is 0 Å². The minimum Gasteiger partial charge on any atom is -0.245 e. The maximum Gasteiger partial charge on any atom is 0.147 e. The molecule has 3 nitrogen and oxygen atoms in total. The number of hydrogen-bond acceptors (Lipinski definition) is 5. The Balaban J connectivity index is 1.74. The van der Waals surface area contributed by atoms with Crippen molar-refractivity contribution in [3.8, 4) is 0 Å². The molecule has 6 heteroatoms. The number of sulfone groups is 1. The highest BCUT2D eigenvalue weighted by Crippen LogP contribution is 2.36. The number of rotatable bonds is 7. The van der Waals surface area contributed by atoms with Crippen LogP contribution in [-0.2, 0) is 15.6 Å². The molecule has 1 aromatic rings. The zero-order valence-corrected chi connectivity index (χ0v) is 14.6. The molecule has 1 aliphatic carbocycles. The van der Waals surface area contributed by atoms with E-state index in [1.54, 1.807) is 23.1 Å². The highest BCUT2D eigenvalue weighted by Gasteiger charge is 2.20. The maximum absolute atomic E-state index is 11.2. The van der Waals surface area contributed by atoms with Crippen LogP contribution in [0.25, 0.3) is 0 Å². The third-order valence-corrected chi connectivity index (χ3v) is 7.05. The lowest BCUT2D eigenvalue weighted by molar-refractivity contribution is 0.589. The number of thiazole rings is 1. The van der Waals surface area contributed by atoms with Gasteiger partial charge >= 0.3 is 0 Å². The molecule has 0 N–H and O–H groups in total. The molecule has 1 heterocycles. The summed E-state index contributed by atoms with van der Waals surface area (Å²) in [6, 6.07) is 0. The van der Waals surface area contributed by atoms with Crippen molar-refractivity contribution in [3.63, 3.8) is 0 Å². The molecule has 1 saturated carbocycles. The Kier molecular flexibility index (Phi) is 5.93. The smallest absolute Gasteiger partial charge is 0.147 e. The Morgan fingerprint density at radius 1 is 1.45 bits per heavy atom. The Hall–Kier alpha value is -0.0700. The van der Waals surface area contributed by atoms with Gasteiger partial charge in [0.25, 0.3) is 0 Å². The lowest BCUT2D eigenvalue weighted by atomic mass is 10.1. The van der Waals surface area contributed by atoms with Crippen LogP contribution in [0.5, 0.6) is 0 Å². The van der Waals surface area contributed by atoms with E-state index in [2.05, 4.69) is 5.38 Å². The van der Waals surface area contributed by atoms with Gasteiger partial charge in [0.2, 0.25) is 0 Å². The molecule has 1 fully saturated rings.